The number of benzene rings is 1. The molecular weight excluding hydrogens is 220 g/mol. The second-order valence-corrected chi connectivity index (χ2v) is 4.05. The normalized spacial score (nSPS) is 29.0. The van der Waals surface area contributed by atoms with E-state index in [-0.39, 0.29) is 18.5 Å². The quantitative estimate of drug-likeness (QED) is 0.808. The highest BCUT2D eigenvalue weighted by molar-refractivity contribution is 5.27. The van der Waals surface area contributed by atoms with Gasteiger partial charge in [0.2, 0.25) is 0 Å². The topological polar surface area (TPSA) is 36.9 Å². The van der Waals surface area contributed by atoms with Crippen LogP contribution in [0.25, 0.3) is 0 Å². The summed E-state index contributed by atoms with van der Waals surface area (Å²) in [5.74, 6) is 0.826. The standard InChI is InChI=1S/C13H18O4/c1-9-12(15-3)8-16-13(17-9)10-4-6-11(14-2)7-5-10/h4-7,9,12-13H,8H2,1-3H3/t9-,12?,13?/m0/s1. The van der Waals surface area contributed by atoms with Crippen molar-refractivity contribution in [3.63, 3.8) is 0 Å². The highest BCUT2D eigenvalue weighted by Gasteiger charge is 2.29. The summed E-state index contributed by atoms with van der Waals surface area (Å²) in [6.07, 6.45) is -0.285. The molecule has 4 nitrogen and oxygen atoms in total. The van der Waals surface area contributed by atoms with E-state index in [9.17, 15) is 0 Å². The van der Waals surface area contributed by atoms with E-state index in [0.717, 1.165) is 11.3 Å². The molecule has 0 spiro atoms. The van der Waals surface area contributed by atoms with E-state index in [1.54, 1.807) is 14.2 Å². The first-order chi connectivity index (χ1) is 8.24. The molecule has 2 unspecified atom stereocenters. The lowest BCUT2D eigenvalue weighted by Crippen LogP contribution is -2.39. The molecule has 0 saturated carbocycles. The first-order valence-electron chi connectivity index (χ1n) is 5.68. The predicted molar refractivity (Wildman–Crippen MR) is 63.0 cm³/mol. The molecule has 0 amide bonds. The van der Waals surface area contributed by atoms with E-state index in [0.29, 0.717) is 6.61 Å². The summed E-state index contributed by atoms with van der Waals surface area (Å²) in [4.78, 5) is 0. The summed E-state index contributed by atoms with van der Waals surface area (Å²) >= 11 is 0. The molecule has 2 rings (SSSR count). The maximum Gasteiger partial charge on any atom is 0.184 e. The first-order valence-corrected chi connectivity index (χ1v) is 5.68. The van der Waals surface area contributed by atoms with Crippen LogP contribution in [-0.4, -0.2) is 33.0 Å². The molecule has 94 valence electrons. The van der Waals surface area contributed by atoms with E-state index in [1.807, 2.05) is 31.2 Å². The van der Waals surface area contributed by atoms with Crippen LogP contribution in [0.4, 0.5) is 0 Å². The van der Waals surface area contributed by atoms with E-state index in [4.69, 9.17) is 18.9 Å². The van der Waals surface area contributed by atoms with Crippen molar-refractivity contribution in [2.75, 3.05) is 20.8 Å². The lowest BCUT2D eigenvalue weighted by molar-refractivity contribution is -0.256. The van der Waals surface area contributed by atoms with Gasteiger partial charge in [0.15, 0.2) is 6.29 Å². The molecule has 0 aromatic heterocycles. The number of rotatable bonds is 3. The Hall–Kier alpha value is -1.10. The Balaban J connectivity index is 2.03. The zero-order valence-electron chi connectivity index (χ0n) is 10.4. The molecule has 1 aliphatic heterocycles. The molecule has 1 fully saturated rings. The molecule has 0 aliphatic carbocycles. The van der Waals surface area contributed by atoms with Gasteiger partial charge in [-0.25, -0.2) is 0 Å². The van der Waals surface area contributed by atoms with Crippen molar-refractivity contribution < 1.29 is 18.9 Å². The van der Waals surface area contributed by atoms with Gasteiger partial charge in [0, 0.05) is 12.7 Å². The average Bonchev–Trinajstić information content (AvgIpc) is 2.39. The molecular formula is C13H18O4. The molecule has 1 aliphatic rings. The fourth-order valence-corrected chi connectivity index (χ4v) is 1.84. The van der Waals surface area contributed by atoms with Gasteiger partial charge in [-0.2, -0.15) is 0 Å². The second kappa shape index (κ2) is 5.49. The molecule has 17 heavy (non-hydrogen) atoms. The Morgan fingerprint density at radius 2 is 1.88 bits per heavy atom. The van der Waals surface area contributed by atoms with Crippen LogP contribution in [0.3, 0.4) is 0 Å². The predicted octanol–water partition coefficient (Wildman–Crippen LogP) is 2.14. The Bertz CT molecular complexity index is 349. The average molecular weight is 238 g/mol. The smallest absolute Gasteiger partial charge is 0.184 e. The molecule has 0 bridgehead atoms. The lowest BCUT2D eigenvalue weighted by Gasteiger charge is -2.34. The largest absolute Gasteiger partial charge is 0.497 e. The van der Waals surface area contributed by atoms with Gasteiger partial charge in [-0.1, -0.05) is 12.1 Å². The van der Waals surface area contributed by atoms with Crippen LogP contribution in [0, 0.1) is 0 Å². The zero-order chi connectivity index (χ0) is 12.3. The van der Waals surface area contributed by atoms with Crippen LogP contribution in [0.5, 0.6) is 5.75 Å². The van der Waals surface area contributed by atoms with Crippen LogP contribution < -0.4 is 4.74 Å². The zero-order valence-corrected chi connectivity index (χ0v) is 10.4. The van der Waals surface area contributed by atoms with Crippen molar-refractivity contribution in [2.24, 2.45) is 0 Å². The minimum atomic E-state index is -0.317. The molecule has 1 saturated heterocycles. The summed E-state index contributed by atoms with van der Waals surface area (Å²) < 4.78 is 21.7. The van der Waals surface area contributed by atoms with Crippen LogP contribution in [0.2, 0.25) is 0 Å². The van der Waals surface area contributed by atoms with Crippen molar-refractivity contribution in [2.45, 2.75) is 25.4 Å². The van der Waals surface area contributed by atoms with Crippen molar-refractivity contribution in [3.8, 4) is 5.75 Å². The van der Waals surface area contributed by atoms with Gasteiger partial charge in [0.25, 0.3) is 0 Å². The van der Waals surface area contributed by atoms with E-state index >= 15 is 0 Å². The van der Waals surface area contributed by atoms with Gasteiger partial charge < -0.3 is 18.9 Å². The monoisotopic (exact) mass is 238 g/mol. The fraction of sp³-hybridized carbons (Fsp3) is 0.538. The molecule has 0 N–H and O–H groups in total. The molecule has 1 aromatic rings. The Morgan fingerprint density at radius 3 is 2.41 bits per heavy atom. The van der Waals surface area contributed by atoms with Crippen molar-refractivity contribution in [1.29, 1.82) is 0 Å². The lowest BCUT2D eigenvalue weighted by atomic mass is 10.1. The van der Waals surface area contributed by atoms with Crippen LogP contribution >= 0.6 is 0 Å². The van der Waals surface area contributed by atoms with Crippen LogP contribution in [0.1, 0.15) is 18.8 Å². The highest BCUT2D eigenvalue weighted by Crippen LogP contribution is 2.28. The molecule has 3 atom stereocenters. The minimum absolute atomic E-state index is 0.00417. The Kier molecular flexibility index (Phi) is 3.99. The van der Waals surface area contributed by atoms with E-state index < -0.39 is 0 Å². The van der Waals surface area contributed by atoms with E-state index in [1.165, 1.54) is 0 Å². The summed E-state index contributed by atoms with van der Waals surface area (Å²) in [6, 6.07) is 7.69. The Morgan fingerprint density at radius 1 is 1.18 bits per heavy atom. The summed E-state index contributed by atoms with van der Waals surface area (Å²) in [5, 5.41) is 0. The van der Waals surface area contributed by atoms with E-state index in [2.05, 4.69) is 0 Å². The molecule has 0 radical (unpaired) electrons. The molecule has 1 heterocycles. The van der Waals surface area contributed by atoms with Crippen molar-refractivity contribution >= 4 is 0 Å². The third kappa shape index (κ3) is 2.77. The molecule has 4 heteroatoms. The third-order valence-corrected chi connectivity index (χ3v) is 2.96. The first kappa shape index (κ1) is 12.4. The van der Waals surface area contributed by atoms with Crippen molar-refractivity contribution in [1.82, 2.24) is 0 Å². The number of hydrogen-bond donors (Lipinski definition) is 0. The maximum absolute atomic E-state index is 5.76. The van der Waals surface area contributed by atoms with Crippen molar-refractivity contribution in [3.05, 3.63) is 29.8 Å². The third-order valence-electron chi connectivity index (χ3n) is 2.96. The van der Waals surface area contributed by atoms with Crippen LogP contribution in [-0.2, 0) is 14.2 Å². The minimum Gasteiger partial charge on any atom is -0.497 e. The van der Waals surface area contributed by atoms with Gasteiger partial charge in [0.1, 0.15) is 11.9 Å². The van der Waals surface area contributed by atoms with Crippen LogP contribution in [0.15, 0.2) is 24.3 Å². The number of ether oxygens (including phenoxy) is 4. The summed E-state index contributed by atoms with van der Waals surface area (Å²) in [5.41, 5.74) is 0.993. The van der Waals surface area contributed by atoms with Gasteiger partial charge in [-0.15, -0.1) is 0 Å². The summed E-state index contributed by atoms with van der Waals surface area (Å²) in [6.45, 7) is 2.54. The van der Waals surface area contributed by atoms with Gasteiger partial charge in [-0.3, -0.25) is 0 Å². The van der Waals surface area contributed by atoms with Gasteiger partial charge >= 0.3 is 0 Å². The summed E-state index contributed by atoms with van der Waals surface area (Å²) in [7, 11) is 3.31. The molecule has 1 aromatic carbocycles. The number of hydrogen-bond acceptors (Lipinski definition) is 4. The van der Waals surface area contributed by atoms with Gasteiger partial charge in [-0.05, 0) is 19.1 Å². The maximum atomic E-state index is 5.76. The number of methoxy groups -OCH3 is 2. The SMILES string of the molecule is COc1ccc(C2OCC(OC)[C@H](C)O2)cc1. The fourth-order valence-electron chi connectivity index (χ4n) is 1.84. The Labute approximate surface area is 101 Å². The highest BCUT2D eigenvalue weighted by atomic mass is 16.7. The second-order valence-electron chi connectivity index (χ2n) is 4.05. The van der Waals surface area contributed by atoms with Gasteiger partial charge in [0.05, 0.1) is 19.8 Å².